The maximum Gasteiger partial charge on any atom is 0.258 e. The summed E-state index contributed by atoms with van der Waals surface area (Å²) in [7, 11) is 0. The van der Waals surface area contributed by atoms with Crippen LogP contribution in [0.5, 0.6) is 0 Å². The summed E-state index contributed by atoms with van der Waals surface area (Å²) in [5, 5.41) is 17.1. The number of hydrogen-bond donors (Lipinski definition) is 2. The van der Waals surface area contributed by atoms with Crippen molar-refractivity contribution >= 4 is 5.82 Å². The van der Waals surface area contributed by atoms with Crippen LogP contribution in [0.15, 0.2) is 47.1 Å². The normalized spacial score (nSPS) is 12.4. The number of rotatable bonds is 6. The van der Waals surface area contributed by atoms with E-state index < -0.39 is 11.9 Å². The molecule has 0 saturated heterocycles. The van der Waals surface area contributed by atoms with E-state index in [4.69, 9.17) is 4.52 Å². The van der Waals surface area contributed by atoms with Gasteiger partial charge in [0.15, 0.2) is 5.82 Å². The number of aliphatic hydroxyl groups is 1. The molecule has 0 radical (unpaired) electrons. The van der Waals surface area contributed by atoms with Gasteiger partial charge in [0.2, 0.25) is 0 Å². The van der Waals surface area contributed by atoms with E-state index in [9.17, 15) is 9.50 Å². The number of aliphatic hydroxyl groups excluding tert-OH is 1. The van der Waals surface area contributed by atoms with Gasteiger partial charge in [0.1, 0.15) is 11.6 Å². The zero-order valence-electron chi connectivity index (χ0n) is 14.0. The van der Waals surface area contributed by atoms with Crippen LogP contribution in [0.1, 0.15) is 37.3 Å². The average molecular weight is 342 g/mol. The summed E-state index contributed by atoms with van der Waals surface area (Å²) in [6, 6.07) is 9.64. The number of hydrogen-bond acceptors (Lipinski definition) is 6. The lowest BCUT2D eigenvalue weighted by Gasteiger charge is -2.13. The Bertz CT molecular complexity index is 850. The molecule has 0 aliphatic carbocycles. The summed E-state index contributed by atoms with van der Waals surface area (Å²) >= 11 is 0. The van der Waals surface area contributed by atoms with Crippen LogP contribution in [0.4, 0.5) is 10.2 Å². The van der Waals surface area contributed by atoms with E-state index in [2.05, 4.69) is 20.4 Å². The molecule has 130 valence electrons. The smallest absolute Gasteiger partial charge is 0.258 e. The second kappa shape index (κ2) is 7.40. The molecule has 0 aliphatic rings. The van der Waals surface area contributed by atoms with Crippen molar-refractivity contribution in [3.05, 3.63) is 59.8 Å². The molecular formula is C18H19FN4O2. The third-order valence-electron chi connectivity index (χ3n) is 3.71. The lowest BCUT2D eigenvalue weighted by molar-refractivity contribution is 0.186. The number of aromatic nitrogens is 3. The number of benzene rings is 1. The van der Waals surface area contributed by atoms with Gasteiger partial charge in [0.25, 0.3) is 5.89 Å². The largest absolute Gasteiger partial charge is 0.386 e. The number of nitrogens with one attached hydrogen (secondary N) is 1. The number of halogens is 1. The number of anilines is 1. The highest BCUT2D eigenvalue weighted by Crippen LogP contribution is 2.22. The molecule has 0 saturated carbocycles. The molecule has 1 atom stereocenters. The highest BCUT2D eigenvalue weighted by atomic mass is 19.1. The number of nitrogens with zero attached hydrogens (tertiary/aromatic N) is 3. The van der Waals surface area contributed by atoms with E-state index in [0.29, 0.717) is 17.5 Å². The lowest BCUT2D eigenvalue weighted by Crippen LogP contribution is -2.14. The van der Waals surface area contributed by atoms with Gasteiger partial charge < -0.3 is 14.9 Å². The molecule has 0 spiro atoms. The molecule has 0 fully saturated rings. The monoisotopic (exact) mass is 342 g/mol. The van der Waals surface area contributed by atoms with Crippen molar-refractivity contribution in [2.45, 2.75) is 25.9 Å². The second-order valence-corrected chi connectivity index (χ2v) is 5.96. The fourth-order valence-electron chi connectivity index (χ4n) is 2.30. The van der Waals surface area contributed by atoms with Crippen molar-refractivity contribution in [3.63, 3.8) is 0 Å². The molecule has 3 aromatic rings. The Labute approximate surface area is 144 Å². The van der Waals surface area contributed by atoms with Gasteiger partial charge in [-0.3, -0.25) is 0 Å². The summed E-state index contributed by atoms with van der Waals surface area (Å²) in [4.78, 5) is 8.53. The molecule has 7 heteroatoms. The van der Waals surface area contributed by atoms with Gasteiger partial charge in [0.05, 0.1) is 6.10 Å². The van der Waals surface area contributed by atoms with Gasteiger partial charge in [-0.1, -0.05) is 37.2 Å². The fourth-order valence-corrected chi connectivity index (χ4v) is 2.30. The zero-order valence-corrected chi connectivity index (χ0v) is 14.0. The molecule has 6 nitrogen and oxygen atoms in total. The molecule has 2 aromatic heterocycles. The van der Waals surface area contributed by atoms with Crippen LogP contribution in [0.25, 0.3) is 11.5 Å². The predicted octanol–water partition coefficient (Wildman–Crippen LogP) is 3.54. The van der Waals surface area contributed by atoms with E-state index in [1.807, 2.05) is 13.8 Å². The first-order chi connectivity index (χ1) is 12.0. The van der Waals surface area contributed by atoms with Gasteiger partial charge in [-0.05, 0) is 18.2 Å². The molecular weight excluding hydrogens is 323 g/mol. The third-order valence-corrected chi connectivity index (χ3v) is 3.71. The van der Waals surface area contributed by atoms with Gasteiger partial charge in [0, 0.05) is 29.8 Å². The standard InChI is InChI=1S/C18H19FN4O2/c1-11(2)17-22-18(25-23-17)12-7-8-20-16(9-12)21-10-15(24)13-5-3-4-6-14(13)19/h3-9,11,15,24H,10H2,1-2H3,(H,20,21). The summed E-state index contributed by atoms with van der Waals surface area (Å²) in [5.41, 5.74) is 0.960. The minimum atomic E-state index is -0.984. The van der Waals surface area contributed by atoms with Crippen molar-refractivity contribution in [2.75, 3.05) is 11.9 Å². The van der Waals surface area contributed by atoms with Crippen LogP contribution >= 0.6 is 0 Å². The van der Waals surface area contributed by atoms with Crippen molar-refractivity contribution < 1.29 is 14.0 Å². The van der Waals surface area contributed by atoms with E-state index in [1.165, 1.54) is 6.07 Å². The first kappa shape index (κ1) is 17.0. The first-order valence-electron chi connectivity index (χ1n) is 8.01. The SMILES string of the molecule is CC(C)c1noc(-c2ccnc(NCC(O)c3ccccc3F)c2)n1. The molecule has 1 unspecified atom stereocenters. The minimum Gasteiger partial charge on any atom is -0.386 e. The first-order valence-corrected chi connectivity index (χ1v) is 8.01. The van der Waals surface area contributed by atoms with E-state index in [1.54, 1.807) is 36.5 Å². The quantitative estimate of drug-likeness (QED) is 0.713. The highest BCUT2D eigenvalue weighted by Gasteiger charge is 2.14. The van der Waals surface area contributed by atoms with Crippen LogP contribution in [-0.2, 0) is 0 Å². The molecule has 0 aliphatic heterocycles. The molecule has 0 amide bonds. The van der Waals surface area contributed by atoms with Crippen LogP contribution in [0.2, 0.25) is 0 Å². The molecule has 2 N–H and O–H groups in total. The van der Waals surface area contributed by atoms with E-state index in [-0.39, 0.29) is 18.0 Å². The topological polar surface area (TPSA) is 84.1 Å². The summed E-state index contributed by atoms with van der Waals surface area (Å²) in [6.45, 7) is 4.09. The van der Waals surface area contributed by atoms with Crippen molar-refractivity contribution in [1.82, 2.24) is 15.1 Å². The Morgan fingerprint density at radius 2 is 2.04 bits per heavy atom. The van der Waals surface area contributed by atoms with Crippen molar-refractivity contribution in [2.24, 2.45) is 0 Å². The average Bonchev–Trinajstić information content (AvgIpc) is 3.11. The zero-order chi connectivity index (χ0) is 17.8. The Kier molecular flexibility index (Phi) is 5.04. The molecule has 25 heavy (non-hydrogen) atoms. The third kappa shape index (κ3) is 4.00. The van der Waals surface area contributed by atoms with E-state index >= 15 is 0 Å². The minimum absolute atomic E-state index is 0.123. The van der Waals surface area contributed by atoms with Gasteiger partial charge in [-0.2, -0.15) is 4.98 Å². The summed E-state index contributed by atoms with van der Waals surface area (Å²) in [5.74, 6) is 1.30. The van der Waals surface area contributed by atoms with Crippen LogP contribution in [0, 0.1) is 5.82 Å². The predicted molar refractivity (Wildman–Crippen MR) is 91.5 cm³/mol. The molecule has 2 heterocycles. The molecule has 3 rings (SSSR count). The molecule has 0 bridgehead atoms. The fraction of sp³-hybridized carbons (Fsp3) is 0.278. The van der Waals surface area contributed by atoms with Gasteiger partial charge >= 0.3 is 0 Å². The second-order valence-electron chi connectivity index (χ2n) is 5.96. The Hall–Kier alpha value is -2.80. The van der Waals surface area contributed by atoms with Crippen molar-refractivity contribution in [1.29, 1.82) is 0 Å². The summed E-state index contributed by atoms with van der Waals surface area (Å²) < 4.78 is 18.9. The Balaban J connectivity index is 1.70. The van der Waals surface area contributed by atoms with E-state index in [0.717, 1.165) is 5.56 Å². The summed E-state index contributed by atoms with van der Waals surface area (Å²) in [6.07, 6.45) is 0.620. The van der Waals surface area contributed by atoms with Gasteiger partial charge in [-0.15, -0.1) is 0 Å². The Morgan fingerprint density at radius 3 is 2.76 bits per heavy atom. The lowest BCUT2D eigenvalue weighted by atomic mass is 10.1. The van der Waals surface area contributed by atoms with Gasteiger partial charge in [-0.25, -0.2) is 9.37 Å². The highest BCUT2D eigenvalue weighted by molar-refractivity contribution is 5.57. The van der Waals surface area contributed by atoms with Crippen LogP contribution in [-0.4, -0.2) is 26.8 Å². The maximum absolute atomic E-state index is 13.7. The van der Waals surface area contributed by atoms with Crippen LogP contribution in [0.3, 0.4) is 0 Å². The van der Waals surface area contributed by atoms with Crippen LogP contribution < -0.4 is 5.32 Å². The van der Waals surface area contributed by atoms with Crippen molar-refractivity contribution in [3.8, 4) is 11.5 Å². The Morgan fingerprint density at radius 1 is 1.24 bits per heavy atom. The molecule has 1 aromatic carbocycles. The number of pyridine rings is 1. The maximum atomic E-state index is 13.7.